The van der Waals surface area contributed by atoms with E-state index in [0.717, 1.165) is 32.0 Å². The van der Waals surface area contributed by atoms with Crippen molar-refractivity contribution in [2.24, 2.45) is 10.9 Å². The Morgan fingerprint density at radius 2 is 2.00 bits per heavy atom. The summed E-state index contributed by atoms with van der Waals surface area (Å²) < 4.78 is 29.9. The first-order valence-corrected chi connectivity index (χ1v) is 10.5. The lowest BCUT2D eigenvalue weighted by Gasteiger charge is -2.31. The molecule has 3 heterocycles. The van der Waals surface area contributed by atoms with E-state index in [1.807, 2.05) is 10.9 Å². The van der Waals surface area contributed by atoms with Crippen LogP contribution in [0.25, 0.3) is 10.9 Å². The Hall–Kier alpha value is -3.56. The number of rotatable bonds is 5. The van der Waals surface area contributed by atoms with Gasteiger partial charge >= 0.3 is 5.97 Å². The van der Waals surface area contributed by atoms with Gasteiger partial charge in [-0.05, 0) is 43.9 Å². The largest absolute Gasteiger partial charge is 0.478 e. The third-order valence-corrected chi connectivity index (χ3v) is 6.31. The minimum atomic E-state index is -2.77. The molecule has 1 aliphatic carbocycles. The third-order valence-electron chi connectivity index (χ3n) is 6.31. The summed E-state index contributed by atoms with van der Waals surface area (Å²) in [6, 6.07) is 3.12. The Kier molecular flexibility index (Phi) is 4.99. The molecule has 166 valence electrons. The highest BCUT2D eigenvalue weighted by atomic mass is 19.3. The van der Waals surface area contributed by atoms with Gasteiger partial charge in [0.25, 0.3) is 6.43 Å². The molecule has 1 N–H and O–H groups in total. The van der Waals surface area contributed by atoms with E-state index in [-0.39, 0.29) is 41.1 Å². The molecule has 0 atom stereocenters. The number of carboxylic acids is 1. The number of nitrogens with zero attached hydrogens (tertiary/aromatic N) is 5. The van der Waals surface area contributed by atoms with E-state index < -0.39 is 12.4 Å². The average molecular weight is 441 g/mol. The summed E-state index contributed by atoms with van der Waals surface area (Å²) in [4.78, 5) is 26.8. The summed E-state index contributed by atoms with van der Waals surface area (Å²) in [5, 5.41) is 17.8. The average Bonchev–Trinajstić information content (AvgIpc) is 3.39. The number of allylic oxidation sites excluding steroid dienone is 1. The maximum Gasteiger partial charge on any atom is 0.337 e. The van der Waals surface area contributed by atoms with Gasteiger partial charge in [0.1, 0.15) is 11.9 Å². The Labute approximate surface area is 182 Å². The highest BCUT2D eigenvalue weighted by molar-refractivity contribution is 5.92. The number of anilines is 1. The minimum Gasteiger partial charge on any atom is -0.478 e. The van der Waals surface area contributed by atoms with Gasteiger partial charge in [0.15, 0.2) is 5.82 Å². The Morgan fingerprint density at radius 1 is 1.22 bits per heavy atom. The van der Waals surface area contributed by atoms with E-state index in [1.165, 1.54) is 22.3 Å². The summed E-state index contributed by atoms with van der Waals surface area (Å²) in [5.74, 6) is -0.852. The summed E-state index contributed by atoms with van der Waals surface area (Å²) in [6.45, 7) is -0.0819. The fourth-order valence-electron chi connectivity index (χ4n) is 4.62. The second-order valence-electron chi connectivity index (χ2n) is 8.21. The van der Waals surface area contributed by atoms with Gasteiger partial charge in [-0.1, -0.05) is 0 Å². The number of aromatic nitrogens is 2. The summed E-state index contributed by atoms with van der Waals surface area (Å²) >= 11 is 0. The molecule has 5 rings (SSSR count). The molecular formula is C22H21F2N5O3. The van der Waals surface area contributed by atoms with Crippen molar-refractivity contribution in [1.82, 2.24) is 14.8 Å². The lowest BCUT2D eigenvalue weighted by Crippen LogP contribution is -2.35. The third kappa shape index (κ3) is 3.35. The number of aliphatic carboxylic acids is 1. The molecule has 32 heavy (non-hydrogen) atoms. The molecular weight excluding hydrogens is 420 g/mol. The van der Waals surface area contributed by atoms with Gasteiger partial charge in [0.2, 0.25) is 0 Å². The number of fused-ring (bicyclic) bond motifs is 2. The minimum absolute atomic E-state index is 0.0357. The lowest BCUT2D eigenvalue weighted by molar-refractivity contribution is -0.132. The van der Waals surface area contributed by atoms with Crippen LogP contribution < -0.4 is 5.01 Å². The van der Waals surface area contributed by atoms with Crippen molar-refractivity contribution in [1.29, 1.82) is 0 Å². The van der Waals surface area contributed by atoms with Gasteiger partial charge < -0.3 is 9.90 Å². The highest BCUT2D eigenvalue weighted by Gasteiger charge is 2.36. The molecule has 2 aliphatic heterocycles. The molecule has 3 aliphatic rings. The number of aliphatic imine (C=N–C) groups is 1. The van der Waals surface area contributed by atoms with E-state index in [0.29, 0.717) is 10.9 Å². The van der Waals surface area contributed by atoms with E-state index in [2.05, 4.69) is 10.1 Å². The summed E-state index contributed by atoms with van der Waals surface area (Å²) in [7, 11) is 0. The number of benzene rings is 1. The zero-order valence-corrected chi connectivity index (χ0v) is 17.1. The molecule has 2 aromatic rings. The number of carbonyl (C=O) groups excluding carboxylic acids is 1. The van der Waals surface area contributed by atoms with Crippen LogP contribution in [0.1, 0.15) is 43.7 Å². The summed E-state index contributed by atoms with van der Waals surface area (Å²) in [5.41, 5.74) is 0.488. The molecule has 1 aromatic carbocycles. The number of carboxylic acid groups (broad SMARTS) is 1. The van der Waals surface area contributed by atoms with Gasteiger partial charge in [-0.25, -0.2) is 23.6 Å². The fourth-order valence-corrected chi connectivity index (χ4v) is 4.62. The van der Waals surface area contributed by atoms with Crippen LogP contribution >= 0.6 is 0 Å². The number of alkyl halides is 2. The Balaban J connectivity index is 1.53. The molecule has 0 saturated heterocycles. The SMILES string of the molecule is O=CC1CCC(n2cc3cc(N4CC(C(=O)O)=C5N=CC=CN54)c(C(F)F)cc3n2)CC1. The van der Waals surface area contributed by atoms with Crippen molar-refractivity contribution in [3.63, 3.8) is 0 Å². The van der Waals surface area contributed by atoms with E-state index in [1.54, 1.807) is 18.3 Å². The molecule has 0 spiro atoms. The molecule has 0 radical (unpaired) electrons. The quantitative estimate of drug-likeness (QED) is 0.709. The second-order valence-corrected chi connectivity index (χ2v) is 8.21. The molecule has 1 fully saturated rings. The van der Waals surface area contributed by atoms with Gasteiger partial charge in [-0.2, -0.15) is 5.10 Å². The first kappa shape index (κ1) is 20.3. The highest BCUT2D eigenvalue weighted by Crippen LogP contribution is 2.40. The zero-order chi connectivity index (χ0) is 22.4. The van der Waals surface area contributed by atoms with Gasteiger partial charge in [-0.15, -0.1) is 0 Å². The van der Waals surface area contributed by atoms with Crippen LogP contribution in [0.5, 0.6) is 0 Å². The number of aldehydes is 1. The van der Waals surface area contributed by atoms with Crippen molar-refractivity contribution in [2.45, 2.75) is 38.2 Å². The van der Waals surface area contributed by atoms with Gasteiger partial charge in [0.05, 0.1) is 23.8 Å². The van der Waals surface area contributed by atoms with Crippen molar-refractivity contribution in [2.75, 3.05) is 11.6 Å². The van der Waals surface area contributed by atoms with E-state index in [9.17, 15) is 23.5 Å². The number of hydrogen-bond donors (Lipinski definition) is 1. The molecule has 10 heteroatoms. The molecule has 1 aromatic heterocycles. The van der Waals surface area contributed by atoms with Crippen LogP contribution in [0.2, 0.25) is 0 Å². The smallest absolute Gasteiger partial charge is 0.337 e. The molecule has 0 unspecified atom stereocenters. The maximum absolute atomic E-state index is 14.0. The van der Waals surface area contributed by atoms with Crippen LogP contribution in [0.15, 0.2) is 47.0 Å². The molecule has 1 saturated carbocycles. The lowest BCUT2D eigenvalue weighted by atomic mass is 9.87. The number of hydrogen-bond acceptors (Lipinski definition) is 6. The number of halogens is 2. The van der Waals surface area contributed by atoms with Gasteiger partial charge in [-0.3, -0.25) is 9.69 Å². The predicted molar refractivity (Wildman–Crippen MR) is 113 cm³/mol. The van der Waals surface area contributed by atoms with Crippen LogP contribution in [0, 0.1) is 5.92 Å². The Bertz CT molecular complexity index is 1180. The first-order chi connectivity index (χ1) is 15.5. The van der Waals surface area contributed by atoms with Crippen molar-refractivity contribution in [3.8, 4) is 0 Å². The predicted octanol–water partition coefficient (Wildman–Crippen LogP) is 3.84. The first-order valence-electron chi connectivity index (χ1n) is 10.5. The van der Waals surface area contributed by atoms with Crippen molar-refractivity contribution >= 4 is 35.1 Å². The van der Waals surface area contributed by atoms with Crippen LogP contribution in [-0.2, 0) is 9.59 Å². The fraction of sp³-hybridized carbons (Fsp3) is 0.364. The zero-order valence-electron chi connectivity index (χ0n) is 17.1. The van der Waals surface area contributed by atoms with Crippen LogP contribution in [0.3, 0.4) is 0 Å². The maximum atomic E-state index is 14.0. The topological polar surface area (TPSA) is 91.0 Å². The number of carbonyl (C=O) groups is 2. The van der Waals surface area contributed by atoms with E-state index >= 15 is 0 Å². The van der Waals surface area contributed by atoms with Gasteiger partial charge in [0, 0.05) is 35.5 Å². The molecule has 0 amide bonds. The standard InChI is InChI=1S/C22H21F2N5O3/c23-20(24)16-9-18-14(10-27(26-18)15-4-2-13(12-30)3-5-15)8-19(16)29-11-17(22(31)32)21-25-6-1-7-28(21)29/h1,6-10,12-13,15,20H,2-5,11H2,(H,31,32). The molecule has 0 bridgehead atoms. The van der Waals surface area contributed by atoms with Crippen molar-refractivity contribution < 1.29 is 23.5 Å². The Morgan fingerprint density at radius 3 is 2.69 bits per heavy atom. The van der Waals surface area contributed by atoms with Crippen molar-refractivity contribution in [3.05, 3.63) is 47.6 Å². The second kappa shape index (κ2) is 7.85. The van der Waals surface area contributed by atoms with Crippen LogP contribution in [-0.4, -0.2) is 44.9 Å². The van der Waals surface area contributed by atoms with E-state index in [4.69, 9.17) is 0 Å². The summed E-state index contributed by atoms with van der Waals surface area (Å²) in [6.07, 6.45) is 7.97. The molecule has 8 nitrogen and oxygen atoms in total. The monoisotopic (exact) mass is 441 g/mol. The normalized spacial score (nSPS) is 22.8. The van der Waals surface area contributed by atoms with Crippen LogP contribution in [0.4, 0.5) is 14.5 Å². The number of hydrazine groups is 1.